The van der Waals surface area contributed by atoms with Crippen LogP contribution < -0.4 is 0 Å². The van der Waals surface area contributed by atoms with Crippen molar-refractivity contribution in [1.29, 1.82) is 5.26 Å². The number of aromatic nitrogens is 2. The van der Waals surface area contributed by atoms with Crippen LogP contribution in [-0.2, 0) is 0 Å². The lowest BCUT2D eigenvalue weighted by Gasteiger charge is -2.16. The second-order valence-corrected chi connectivity index (χ2v) is 12.0. The number of nitriles is 1. The van der Waals surface area contributed by atoms with Gasteiger partial charge in [-0.15, -0.1) is 0 Å². The lowest BCUT2D eigenvalue weighted by Crippen LogP contribution is -1.97. The number of para-hydroxylation sites is 3. The molecule has 2 heterocycles. The Morgan fingerprint density at radius 2 is 1.06 bits per heavy atom. The van der Waals surface area contributed by atoms with Gasteiger partial charge in [0.15, 0.2) is 5.69 Å². The van der Waals surface area contributed by atoms with Crippen LogP contribution in [-0.4, -0.2) is 9.13 Å². The molecule has 0 atom stereocenters. The Balaban J connectivity index is 1.21. The van der Waals surface area contributed by atoms with Crippen molar-refractivity contribution < 1.29 is 0 Å². The van der Waals surface area contributed by atoms with Gasteiger partial charge >= 0.3 is 0 Å². The van der Waals surface area contributed by atoms with Gasteiger partial charge in [-0.25, -0.2) is 4.85 Å². The standard InChI is InChI=1S/C44H26N4/c1-46-33-21-22-35(44(27-33)48-41-18-6-2-14-36(41)37-15-3-7-19-42(37)48)32-12-8-10-30(25-32)31-11-9-13-34(26-31)47-40-17-5-4-16-38(40)39-24-29(28-45)20-23-43(39)47/h2-27H. The number of hydrogen-bond donors (Lipinski definition) is 0. The number of benzene rings is 7. The summed E-state index contributed by atoms with van der Waals surface area (Å²) in [7, 11) is 0. The zero-order chi connectivity index (χ0) is 32.2. The Bertz CT molecular complexity index is 2760. The summed E-state index contributed by atoms with van der Waals surface area (Å²) >= 11 is 0. The largest absolute Gasteiger partial charge is 0.310 e. The maximum Gasteiger partial charge on any atom is 0.189 e. The fourth-order valence-corrected chi connectivity index (χ4v) is 7.21. The highest BCUT2D eigenvalue weighted by Crippen LogP contribution is 2.39. The van der Waals surface area contributed by atoms with E-state index in [4.69, 9.17) is 6.57 Å². The van der Waals surface area contributed by atoms with E-state index in [0.717, 1.165) is 66.5 Å². The molecule has 0 bridgehead atoms. The molecule has 222 valence electrons. The Kier molecular flexibility index (Phi) is 6.22. The number of nitrogens with zero attached hydrogens (tertiary/aromatic N) is 4. The first-order valence-corrected chi connectivity index (χ1v) is 15.9. The monoisotopic (exact) mass is 610 g/mol. The summed E-state index contributed by atoms with van der Waals surface area (Å²) in [6.07, 6.45) is 0. The second-order valence-electron chi connectivity index (χ2n) is 12.0. The van der Waals surface area contributed by atoms with Crippen molar-refractivity contribution in [2.45, 2.75) is 0 Å². The van der Waals surface area contributed by atoms with Gasteiger partial charge in [0.25, 0.3) is 0 Å². The third-order valence-corrected chi connectivity index (χ3v) is 9.34. The Morgan fingerprint density at radius 1 is 0.479 bits per heavy atom. The lowest BCUT2D eigenvalue weighted by molar-refractivity contribution is 1.18. The first kappa shape index (κ1) is 27.4. The SMILES string of the molecule is [C-]#[N+]c1ccc(-c2cccc(-c3cccc(-n4c5ccccc5c5cc(C#N)ccc54)c3)c2)c(-n2c3ccccc3c3ccccc32)c1. The molecule has 2 aromatic heterocycles. The predicted octanol–water partition coefficient (Wildman–Crippen LogP) is 11.6. The van der Waals surface area contributed by atoms with Crippen molar-refractivity contribution in [2.75, 3.05) is 0 Å². The molecule has 0 aliphatic heterocycles. The molecule has 0 fully saturated rings. The summed E-state index contributed by atoms with van der Waals surface area (Å²) in [4.78, 5) is 3.81. The van der Waals surface area contributed by atoms with E-state index in [1.54, 1.807) is 0 Å². The molecule has 4 nitrogen and oxygen atoms in total. The zero-order valence-electron chi connectivity index (χ0n) is 25.8. The molecule has 9 rings (SSSR count). The minimum Gasteiger partial charge on any atom is -0.310 e. The molecule has 4 heteroatoms. The van der Waals surface area contributed by atoms with Crippen LogP contribution in [0.4, 0.5) is 5.69 Å². The predicted molar refractivity (Wildman–Crippen MR) is 197 cm³/mol. The molecule has 0 saturated heterocycles. The smallest absolute Gasteiger partial charge is 0.189 e. The van der Waals surface area contributed by atoms with E-state index < -0.39 is 0 Å². The van der Waals surface area contributed by atoms with Crippen LogP contribution in [0.3, 0.4) is 0 Å². The fraction of sp³-hybridized carbons (Fsp3) is 0. The molecule has 7 aromatic carbocycles. The van der Waals surface area contributed by atoms with Gasteiger partial charge in [-0.3, -0.25) is 0 Å². The zero-order valence-corrected chi connectivity index (χ0v) is 25.8. The molecule has 0 aliphatic carbocycles. The minimum atomic E-state index is 0.604. The quantitative estimate of drug-likeness (QED) is 0.183. The molecule has 0 spiro atoms. The summed E-state index contributed by atoms with van der Waals surface area (Å²) < 4.78 is 4.57. The van der Waals surface area contributed by atoms with Crippen molar-refractivity contribution in [1.82, 2.24) is 9.13 Å². The average molecular weight is 611 g/mol. The highest BCUT2D eigenvalue weighted by molar-refractivity contribution is 6.11. The molecule has 0 unspecified atom stereocenters. The van der Waals surface area contributed by atoms with E-state index in [-0.39, 0.29) is 0 Å². The Morgan fingerprint density at radius 3 is 1.75 bits per heavy atom. The van der Waals surface area contributed by atoms with Crippen LogP contribution in [0, 0.1) is 17.9 Å². The maximum absolute atomic E-state index is 9.58. The molecular formula is C44H26N4. The topological polar surface area (TPSA) is 38.0 Å². The molecule has 0 N–H and O–H groups in total. The van der Waals surface area contributed by atoms with Crippen molar-refractivity contribution in [3.63, 3.8) is 0 Å². The van der Waals surface area contributed by atoms with Crippen LogP contribution in [0.25, 0.3) is 82.1 Å². The fourth-order valence-electron chi connectivity index (χ4n) is 7.21. The van der Waals surface area contributed by atoms with Gasteiger partial charge in [0.05, 0.1) is 40.3 Å². The minimum absolute atomic E-state index is 0.604. The summed E-state index contributed by atoms with van der Waals surface area (Å²) in [5.41, 5.74) is 12.0. The van der Waals surface area contributed by atoms with Crippen molar-refractivity contribution in [3.8, 4) is 39.7 Å². The van der Waals surface area contributed by atoms with Gasteiger partial charge in [0.1, 0.15) is 0 Å². The van der Waals surface area contributed by atoms with Gasteiger partial charge in [0.2, 0.25) is 0 Å². The first-order chi connectivity index (χ1) is 23.7. The third kappa shape index (κ3) is 4.22. The van der Waals surface area contributed by atoms with Crippen molar-refractivity contribution in [2.24, 2.45) is 0 Å². The Hall–Kier alpha value is -6.88. The van der Waals surface area contributed by atoms with Crippen LogP contribution in [0.2, 0.25) is 0 Å². The van der Waals surface area contributed by atoms with Gasteiger partial charge in [-0.1, -0.05) is 97.1 Å². The van der Waals surface area contributed by atoms with Crippen LogP contribution >= 0.6 is 0 Å². The Labute approximate surface area is 277 Å². The van der Waals surface area contributed by atoms with Gasteiger partial charge in [0, 0.05) is 38.5 Å². The van der Waals surface area contributed by atoms with Gasteiger partial charge in [-0.05, 0) is 77.4 Å². The summed E-state index contributed by atoms with van der Waals surface area (Å²) in [6, 6.07) is 56.8. The normalized spacial score (nSPS) is 11.3. The van der Waals surface area contributed by atoms with Crippen LogP contribution in [0.15, 0.2) is 158 Å². The van der Waals surface area contributed by atoms with Crippen molar-refractivity contribution >= 4 is 49.3 Å². The van der Waals surface area contributed by atoms with Crippen LogP contribution in [0.5, 0.6) is 0 Å². The second kappa shape index (κ2) is 10.9. The molecular weight excluding hydrogens is 585 g/mol. The third-order valence-electron chi connectivity index (χ3n) is 9.34. The van der Waals surface area contributed by atoms with E-state index in [9.17, 15) is 5.26 Å². The molecule has 0 amide bonds. The van der Waals surface area contributed by atoms with E-state index in [0.29, 0.717) is 11.3 Å². The first-order valence-electron chi connectivity index (χ1n) is 15.9. The highest BCUT2D eigenvalue weighted by atomic mass is 15.0. The molecule has 0 aliphatic rings. The van der Waals surface area contributed by atoms with Crippen LogP contribution in [0.1, 0.15) is 5.56 Å². The molecule has 0 radical (unpaired) electrons. The number of rotatable bonds is 4. The van der Waals surface area contributed by atoms with Crippen molar-refractivity contribution in [3.05, 3.63) is 175 Å². The summed E-state index contributed by atoms with van der Waals surface area (Å²) in [5.74, 6) is 0. The highest BCUT2D eigenvalue weighted by Gasteiger charge is 2.17. The maximum atomic E-state index is 9.58. The summed E-state index contributed by atoms with van der Waals surface area (Å²) in [5, 5.41) is 14.1. The molecule has 9 aromatic rings. The molecule has 0 saturated carbocycles. The average Bonchev–Trinajstić information content (AvgIpc) is 3.67. The van der Waals surface area contributed by atoms with E-state index >= 15 is 0 Å². The van der Waals surface area contributed by atoms with E-state index in [1.807, 2.05) is 36.4 Å². The van der Waals surface area contributed by atoms with E-state index in [2.05, 4.69) is 141 Å². The van der Waals surface area contributed by atoms with Gasteiger partial charge < -0.3 is 9.13 Å². The summed E-state index contributed by atoms with van der Waals surface area (Å²) in [6.45, 7) is 7.81. The lowest BCUT2D eigenvalue weighted by atomic mass is 9.97. The number of hydrogen-bond acceptors (Lipinski definition) is 1. The van der Waals surface area contributed by atoms with E-state index in [1.165, 1.54) is 10.8 Å². The van der Waals surface area contributed by atoms with Gasteiger partial charge in [-0.2, -0.15) is 5.26 Å². The number of fused-ring (bicyclic) bond motifs is 6. The molecule has 48 heavy (non-hydrogen) atoms.